The van der Waals surface area contributed by atoms with Crippen molar-refractivity contribution in [3.8, 4) is 0 Å². The minimum Gasteiger partial charge on any atom is -0.271 e. The van der Waals surface area contributed by atoms with Gasteiger partial charge in [-0.1, -0.05) is 0 Å². The Morgan fingerprint density at radius 1 is 1.55 bits per heavy atom. The third-order valence-corrected chi connectivity index (χ3v) is 2.90. The average Bonchev–Trinajstić information content (AvgIpc) is 2.06. The van der Waals surface area contributed by atoms with Gasteiger partial charge in [-0.25, -0.2) is 9.21 Å². The lowest BCUT2D eigenvalue weighted by Gasteiger charge is -2.16. The molecule has 1 atom stereocenters. The van der Waals surface area contributed by atoms with Crippen molar-refractivity contribution < 1.29 is 9.59 Å². The average molecular weight is 241 g/mol. The second kappa shape index (κ2) is 2.35. The molecule has 3 amide bonds. The number of nitrogens with zero attached hydrogens (tertiary/aromatic N) is 2. The molecule has 11 heavy (non-hydrogen) atoms. The first-order chi connectivity index (χ1) is 4.89. The summed E-state index contributed by atoms with van der Waals surface area (Å²) < 4.78 is -0.268. The van der Waals surface area contributed by atoms with Crippen LogP contribution in [0.4, 0.5) is 4.79 Å². The molecule has 0 aliphatic carbocycles. The van der Waals surface area contributed by atoms with Crippen molar-refractivity contribution in [3.05, 3.63) is 0 Å². The molecule has 1 saturated heterocycles. The number of carbonyl (C=O) groups is 2. The number of hydrogen-bond acceptors (Lipinski definition) is 2. The minimum atomic E-state index is -1.10. The number of amides is 3. The molecule has 1 heterocycles. The van der Waals surface area contributed by atoms with Gasteiger partial charge in [0.1, 0.15) is 0 Å². The zero-order valence-corrected chi connectivity index (χ0v) is 8.31. The molecule has 1 unspecified atom stereocenters. The summed E-state index contributed by atoms with van der Waals surface area (Å²) in [7, 11) is 1.38. The maximum atomic E-state index is 11.2. The van der Waals surface area contributed by atoms with Gasteiger partial charge in [0.05, 0.1) is 0 Å². The van der Waals surface area contributed by atoms with E-state index in [-0.39, 0.29) is 5.91 Å². The first-order valence-electron chi connectivity index (χ1n) is 2.86. The van der Waals surface area contributed by atoms with Gasteiger partial charge in [-0.15, -0.1) is 0 Å². The third kappa shape index (κ3) is 1.03. The van der Waals surface area contributed by atoms with Gasteiger partial charge in [0.25, 0.3) is 5.91 Å². The van der Waals surface area contributed by atoms with Crippen LogP contribution in [0.2, 0.25) is 0 Å². The van der Waals surface area contributed by atoms with Crippen molar-refractivity contribution in [2.75, 3.05) is 7.05 Å². The fraction of sp³-hybridized carbons (Fsp3) is 0.600. The molecule has 4 nitrogen and oxygen atoms in total. The standard InChI is InChI=1S/C5H6BrClN2O2/c1-5(6)3(10)8(2)4(11)9(5)7/h1-2H3. The third-order valence-electron chi connectivity index (χ3n) is 1.52. The number of hydrogen-bond donors (Lipinski definition) is 0. The van der Waals surface area contributed by atoms with Crippen LogP contribution in [0.25, 0.3) is 0 Å². The van der Waals surface area contributed by atoms with E-state index in [1.807, 2.05) is 0 Å². The van der Waals surface area contributed by atoms with E-state index in [0.29, 0.717) is 0 Å². The Bertz CT molecular complexity index is 231. The largest absolute Gasteiger partial charge is 0.342 e. The molecule has 0 aromatic carbocycles. The topological polar surface area (TPSA) is 40.6 Å². The first kappa shape index (κ1) is 8.80. The van der Waals surface area contributed by atoms with E-state index in [1.165, 1.54) is 14.0 Å². The molecule has 0 bridgehead atoms. The van der Waals surface area contributed by atoms with E-state index in [0.717, 1.165) is 9.32 Å². The number of urea groups is 1. The highest BCUT2D eigenvalue weighted by Gasteiger charge is 2.51. The van der Waals surface area contributed by atoms with Crippen LogP contribution in [0, 0.1) is 0 Å². The van der Waals surface area contributed by atoms with E-state index in [9.17, 15) is 9.59 Å². The van der Waals surface area contributed by atoms with Crippen molar-refractivity contribution >= 4 is 39.6 Å². The number of rotatable bonds is 0. The number of carbonyl (C=O) groups excluding carboxylic acids is 2. The quantitative estimate of drug-likeness (QED) is 0.276. The van der Waals surface area contributed by atoms with Gasteiger partial charge in [-0.05, 0) is 22.9 Å². The van der Waals surface area contributed by atoms with Crippen LogP contribution in [0.15, 0.2) is 0 Å². The number of halogens is 2. The van der Waals surface area contributed by atoms with E-state index in [4.69, 9.17) is 11.8 Å². The summed E-state index contributed by atoms with van der Waals surface area (Å²) in [6.45, 7) is 1.52. The molecule has 0 radical (unpaired) electrons. The van der Waals surface area contributed by atoms with Crippen LogP contribution in [0.1, 0.15) is 6.92 Å². The molecule has 6 heteroatoms. The minimum absolute atomic E-state index is 0.363. The van der Waals surface area contributed by atoms with Crippen LogP contribution in [0.3, 0.4) is 0 Å². The zero-order chi connectivity index (χ0) is 8.81. The smallest absolute Gasteiger partial charge is 0.271 e. The van der Waals surface area contributed by atoms with E-state index >= 15 is 0 Å². The van der Waals surface area contributed by atoms with Crippen molar-refractivity contribution in [2.45, 2.75) is 11.4 Å². The monoisotopic (exact) mass is 240 g/mol. The van der Waals surface area contributed by atoms with Crippen molar-refractivity contribution in [1.29, 1.82) is 0 Å². The summed E-state index contributed by atoms with van der Waals surface area (Å²) in [4.78, 5) is 23.1. The van der Waals surface area contributed by atoms with Gasteiger partial charge in [0.2, 0.25) is 0 Å². The van der Waals surface area contributed by atoms with E-state index < -0.39 is 10.5 Å². The Hall–Kier alpha value is -0.290. The maximum absolute atomic E-state index is 11.2. The Labute approximate surface area is 77.3 Å². The fourth-order valence-electron chi connectivity index (χ4n) is 0.788. The molecule has 62 valence electrons. The van der Waals surface area contributed by atoms with Gasteiger partial charge in [0, 0.05) is 18.8 Å². The molecule has 1 aliphatic rings. The summed E-state index contributed by atoms with van der Waals surface area (Å²) in [6.07, 6.45) is 0. The second-order valence-electron chi connectivity index (χ2n) is 2.38. The molecular weight excluding hydrogens is 235 g/mol. The number of alkyl halides is 1. The molecule has 1 fully saturated rings. The number of imide groups is 1. The SMILES string of the molecule is CN1C(=O)N(Cl)C(C)(Br)C1=O. The predicted octanol–water partition coefficient (Wildman–Crippen LogP) is 1.15. The summed E-state index contributed by atoms with van der Waals surface area (Å²) in [5, 5.41) is 0. The predicted molar refractivity (Wildman–Crippen MR) is 43.2 cm³/mol. The molecule has 0 aromatic rings. The van der Waals surface area contributed by atoms with Gasteiger partial charge in [0.15, 0.2) is 4.45 Å². The van der Waals surface area contributed by atoms with Crippen molar-refractivity contribution in [1.82, 2.24) is 9.32 Å². The lowest BCUT2D eigenvalue weighted by Crippen LogP contribution is -2.35. The summed E-state index contributed by atoms with van der Waals surface area (Å²) in [6, 6.07) is -0.518. The van der Waals surface area contributed by atoms with Crippen LogP contribution < -0.4 is 0 Å². The number of likely N-dealkylation sites (N-methyl/N-ethyl adjacent to an activating group) is 1. The van der Waals surface area contributed by atoms with Crippen LogP contribution in [0.5, 0.6) is 0 Å². The Morgan fingerprint density at radius 3 is 2.09 bits per heavy atom. The van der Waals surface area contributed by atoms with Gasteiger partial charge < -0.3 is 0 Å². The second-order valence-corrected chi connectivity index (χ2v) is 4.26. The van der Waals surface area contributed by atoms with Crippen molar-refractivity contribution in [2.24, 2.45) is 0 Å². The van der Waals surface area contributed by atoms with Gasteiger partial charge >= 0.3 is 6.03 Å². The lowest BCUT2D eigenvalue weighted by molar-refractivity contribution is -0.127. The highest BCUT2D eigenvalue weighted by atomic mass is 79.9. The molecule has 0 saturated carbocycles. The molecule has 0 N–H and O–H groups in total. The highest BCUT2D eigenvalue weighted by Crippen LogP contribution is 2.33. The van der Waals surface area contributed by atoms with Crippen LogP contribution >= 0.6 is 27.7 Å². The van der Waals surface area contributed by atoms with Gasteiger partial charge in [-0.2, -0.15) is 0 Å². The Balaban J connectivity index is 3.06. The normalized spacial score (nSPS) is 32.0. The first-order valence-corrected chi connectivity index (χ1v) is 3.99. The summed E-state index contributed by atoms with van der Waals surface area (Å²) in [5.41, 5.74) is 0. The summed E-state index contributed by atoms with van der Waals surface area (Å²) >= 11 is 8.55. The van der Waals surface area contributed by atoms with Gasteiger partial charge in [-0.3, -0.25) is 9.69 Å². The lowest BCUT2D eigenvalue weighted by atomic mass is 10.3. The van der Waals surface area contributed by atoms with E-state index in [1.54, 1.807) is 0 Å². The molecular formula is C5H6BrClN2O2. The molecule has 0 spiro atoms. The van der Waals surface area contributed by atoms with E-state index in [2.05, 4.69) is 15.9 Å². The highest BCUT2D eigenvalue weighted by molar-refractivity contribution is 9.10. The van der Waals surface area contributed by atoms with Crippen LogP contribution in [-0.2, 0) is 4.79 Å². The zero-order valence-electron chi connectivity index (χ0n) is 5.97. The van der Waals surface area contributed by atoms with Crippen molar-refractivity contribution in [3.63, 3.8) is 0 Å². The molecule has 0 aromatic heterocycles. The fourth-order valence-corrected chi connectivity index (χ4v) is 1.39. The van der Waals surface area contributed by atoms with Crippen LogP contribution in [-0.4, -0.2) is 32.8 Å². The summed E-state index contributed by atoms with van der Waals surface area (Å²) in [5.74, 6) is -0.363. The Kier molecular flexibility index (Phi) is 1.88. The molecule has 1 aliphatic heterocycles. The maximum Gasteiger partial charge on any atom is 0.342 e. The Morgan fingerprint density at radius 2 is 2.00 bits per heavy atom. The molecule has 1 rings (SSSR count).